The zero-order valence-corrected chi connectivity index (χ0v) is 15.4. The minimum Gasteiger partial charge on any atom is -0.315 e. The van der Waals surface area contributed by atoms with Gasteiger partial charge in [-0.3, -0.25) is 0 Å². The lowest BCUT2D eigenvalue weighted by molar-refractivity contribution is 0.258. The molecule has 21 heavy (non-hydrogen) atoms. The first-order valence-electron chi connectivity index (χ1n) is 8.47. The van der Waals surface area contributed by atoms with E-state index in [2.05, 4.69) is 39.9 Å². The van der Waals surface area contributed by atoms with Crippen molar-refractivity contribution in [2.75, 3.05) is 7.05 Å². The molecule has 1 saturated carbocycles. The van der Waals surface area contributed by atoms with Crippen LogP contribution in [0.5, 0.6) is 0 Å². The fraction of sp³-hybridized carbons (Fsp3) is 0.833. The molecule has 2 nitrogen and oxygen atoms in total. The second kappa shape index (κ2) is 6.78. The first-order chi connectivity index (χ1) is 9.82. The molecule has 3 heteroatoms. The molecule has 1 aromatic rings. The maximum absolute atomic E-state index is 5.07. The van der Waals surface area contributed by atoms with Crippen molar-refractivity contribution < 1.29 is 0 Å². The minimum absolute atomic E-state index is 0.149. The van der Waals surface area contributed by atoms with Gasteiger partial charge in [-0.1, -0.05) is 34.6 Å². The van der Waals surface area contributed by atoms with Crippen LogP contribution in [-0.4, -0.2) is 12.0 Å². The summed E-state index contributed by atoms with van der Waals surface area (Å²) in [5.74, 6) is 2.48. The zero-order chi connectivity index (χ0) is 15.6. The Hall–Kier alpha value is -0.410. The summed E-state index contributed by atoms with van der Waals surface area (Å²) in [5, 5.41) is 4.70. The van der Waals surface area contributed by atoms with E-state index in [9.17, 15) is 0 Å². The van der Waals surface area contributed by atoms with Gasteiger partial charge < -0.3 is 5.32 Å². The highest BCUT2D eigenvalue weighted by molar-refractivity contribution is 7.11. The molecule has 2 rings (SSSR count). The fourth-order valence-electron chi connectivity index (χ4n) is 3.44. The van der Waals surface area contributed by atoms with Gasteiger partial charge in [0.2, 0.25) is 0 Å². The van der Waals surface area contributed by atoms with Crippen LogP contribution in [0.3, 0.4) is 0 Å². The van der Waals surface area contributed by atoms with Gasteiger partial charge in [0, 0.05) is 22.8 Å². The van der Waals surface area contributed by atoms with E-state index < -0.39 is 0 Å². The number of thiazole rings is 1. The highest BCUT2D eigenvalue weighted by Crippen LogP contribution is 2.41. The first kappa shape index (κ1) is 17.0. The molecule has 0 radical (unpaired) electrons. The molecule has 1 N–H and O–H groups in total. The summed E-state index contributed by atoms with van der Waals surface area (Å²) < 4.78 is 0. The number of aromatic nitrogens is 1. The summed E-state index contributed by atoms with van der Waals surface area (Å²) in [6.45, 7) is 12.5. The summed E-state index contributed by atoms with van der Waals surface area (Å²) in [6.07, 6.45) is 5.43. The Balaban J connectivity index is 2.14. The number of nitrogens with one attached hydrogen (secondary N) is 1. The Bertz CT molecular complexity index is 448. The topological polar surface area (TPSA) is 24.9 Å². The molecular weight excluding hydrogens is 276 g/mol. The molecule has 0 aromatic carbocycles. The molecule has 0 aliphatic heterocycles. The first-order valence-corrected chi connectivity index (χ1v) is 9.29. The Kier molecular flexibility index (Phi) is 5.48. The van der Waals surface area contributed by atoms with Crippen LogP contribution in [0.1, 0.15) is 81.8 Å². The number of hydrogen-bond donors (Lipinski definition) is 1. The van der Waals surface area contributed by atoms with E-state index in [1.54, 1.807) is 0 Å². The number of hydrogen-bond acceptors (Lipinski definition) is 3. The normalized spacial score (nSPS) is 23.8. The number of rotatable bonds is 4. The third-order valence-electron chi connectivity index (χ3n) is 4.83. The Morgan fingerprint density at radius 2 is 1.81 bits per heavy atom. The largest absolute Gasteiger partial charge is 0.315 e. The van der Waals surface area contributed by atoms with E-state index in [1.165, 1.54) is 41.3 Å². The maximum Gasteiger partial charge on any atom is 0.0962 e. The average Bonchev–Trinajstić information content (AvgIpc) is 2.83. The van der Waals surface area contributed by atoms with E-state index in [0.29, 0.717) is 5.92 Å². The van der Waals surface area contributed by atoms with E-state index in [1.807, 2.05) is 18.4 Å². The SMILES string of the molecule is CNCc1sc(C2CCC(C(C)C)CC2)nc1C(C)(C)C. The molecule has 1 fully saturated rings. The van der Waals surface area contributed by atoms with Gasteiger partial charge in [0.15, 0.2) is 0 Å². The van der Waals surface area contributed by atoms with Crippen LogP contribution in [-0.2, 0) is 12.0 Å². The minimum atomic E-state index is 0.149. The van der Waals surface area contributed by atoms with Crippen molar-refractivity contribution in [1.29, 1.82) is 0 Å². The Morgan fingerprint density at radius 3 is 2.29 bits per heavy atom. The van der Waals surface area contributed by atoms with E-state index in [-0.39, 0.29) is 5.41 Å². The van der Waals surface area contributed by atoms with Crippen LogP contribution in [0.15, 0.2) is 0 Å². The van der Waals surface area contributed by atoms with E-state index in [4.69, 9.17) is 4.98 Å². The monoisotopic (exact) mass is 308 g/mol. The van der Waals surface area contributed by atoms with Crippen molar-refractivity contribution in [3.05, 3.63) is 15.6 Å². The predicted octanol–water partition coefficient (Wildman–Crippen LogP) is 5.09. The lowest BCUT2D eigenvalue weighted by Gasteiger charge is -2.29. The third-order valence-corrected chi connectivity index (χ3v) is 6.04. The van der Waals surface area contributed by atoms with Crippen LogP contribution in [0.2, 0.25) is 0 Å². The third kappa shape index (κ3) is 4.07. The van der Waals surface area contributed by atoms with Gasteiger partial charge in [-0.15, -0.1) is 11.3 Å². The molecule has 1 heterocycles. The number of nitrogens with zero attached hydrogens (tertiary/aromatic N) is 1. The van der Waals surface area contributed by atoms with Crippen molar-refractivity contribution >= 4 is 11.3 Å². The second-order valence-electron chi connectivity index (χ2n) is 7.96. The quantitative estimate of drug-likeness (QED) is 0.838. The second-order valence-corrected chi connectivity index (χ2v) is 9.08. The standard InChI is InChI=1S/C18H32N2S/c1-12(2)13-7-9-14(10-8-13)17-20-16(18(3,4)5)15(21-17)11-19-6/h12-14,19H,7-11H2,1-6H3. The summed E-state index contributed by atoms with van der Waals surface area (Å²) in [7, 11) is 2.03. The molecule has 0 saturated heterocycles. The van der Waals surface area contributed by atoms with Gasteiger partial charge in [-0.05, 0) is 44.6 Å². The van der Waals surface area contributed by atoms with Crippen LogP contribution in [0.25, 0.3) is 0 Å². The van der Waals surface area contributed by atoms with Gasteiger partial charge in [0.25, 0.3) is 0 Å². The van der Waals surface area contributed by atoms with Crippen LogP contribution in [0.4, 0.5) is 0 Å². The molecule has 0 atom stereocenters. The molecule has 0 unspecified atom stereocenters. The zero-order valence-electron chi connectivity index (χ0n) is 14.6. The van der Waals surface area contributed by atoms with Crippen molar-refractivity contribution in [2.24, 2.45) is 11.8 Å². The summed E-state index contributed by atoms with van der Waals surface area (Å²) in [4.78, 5) is 6.51. The molecule has 0 bridgehead atoms. The molecular formula is C18H32N2S. The summed E-state index contributed by atoms with van der Waals surface area (Å²) >= 11 is 1.95. The lowest BCUT2D eigenvalue weighted by atomic mass is 9.77. The average molecular weight is 309 g/mol. The van der Waals surface area contributed by atoms with Crippen LogP contribution < -0.4 is 5.32 Å². The van der Waals surface area contributed by atoms with Gasteiger partial charge in [0.1, 0.15) is 0 Å². The van der Waals surface area contributed by atoms with Crippen molar-refractivity contribution in [1.82, 2.24) is 10.3 Å². The summed E-state index contributed by atoms with van der Waals surface area (Å²) in [5.41, 5.74) is 1.46. The summed E-state index contributed by atoms with van der Waals surface area (Å²) in [6, 6.07) is 0. The highest BCUT2D eigenvalue weighted by atomic mass is 32.1. The van der Waals surface area contributed by atoms with Gasteiger partial charge >= 0.3 is 0 Å². The Labute approximate surface area is 134 Å². The van der Waals surface area contributed by atoms with E-state index >= 15 is 0 Å². The highest BCUT2D eigenvalue weighted by Gasteiger charge is 2.29. The van der Waals surface area contributed by atoms with Crippen LogP contribution >= 0.6 is 11.3 Å². The molecule has 1 aliphatic carbocycles. The maximum atomic E-state index is 5.07. The molecule has 1 aliphatic rings. The lowest BCUT2D eigenvalue weighted by Crippen LogP contribution is -2.18. The van der Waals surface area contributed by atoms with Crippen LogP contribution in [0, 0.1) is 11.8 Å². The van der Waals surface area contributed by atoms with Gasteiger partial charge in [-0.2, -0.15) is 0 Å². The fourth-order valence-corrected chi connectivity index (χ4v) is 4.90. The predicted molar refractivity (Wildman–Crippen MR) is 93.1 cm³/mol. The van der Waals surface area contributed by atoms with E-state index in [0.717, 1.165) is 18.4 Å². The van der Waals surface area contributed by atoms with Gasteiger partial charge in [0.05, 0.1) is 10.7 Å². The molecule has 1 aromatic heterocycles. The van der Waals surface area contributed by atoms with Gasteiger partial charge in [-0.25, -0.2) is 4.98 Å². The van der Waals surface area contributed by atoms with Crippen molar-refractivity contribution in [2.45, 2.75) is 78.2 Å². The van der Waals surface area contributed by atoms with Crippen molar-refractivity contribution in [3.63, 3.8) is 0 Å². The Morgan fingerprint density at radius 1 is 1.19 bits per heavy atom. The smallest absolute Gasteiger partial charge is 0.0962 e. The molecule has 0 spiro atoms. The van der Waals surface area contributed by atoms with Crippen molar-refractivity contribution in [3.8, 4) is 0 Å². The molecule has 0 amide bonds. The molecule has 120 valence electrons.